The van der Waals surface area contributed by atoms with Gasteiger partial charge >= 0.3 is 0 Å². The first kappa shape index (κ1) is 10.5. The van der Waals surface area contributed by atoms with E-state index in [-0.39, 0.29) is 0 Å². The van der Waals surface area contributed by atoms with E-state index < -0.39 is 0 Å². The monoisotopic (exact) mass is 242 g/mol. The average Bonchev–Trinajstić information content (AvgIpc) is 2.98. The Labute approximate surface area is 105 Å². The van der Waals surface area contributed by atoms with E-state index in [2.05, 4.69) is 52.2 Å². The molecule has 0 radical (unpaired) electrons. The number of imidazole rings is 1. The van der Waals surface area contributed by atoms with Crippen LogP contribution in [0.15, 0.2) is 41.8 Å². The van der Waals surface area contributed by atoms with E-state index in [1.807, 2.05) is 6.07 Å². The standard InChI is InChI=1S/C14H14N2S/c1-2-14-15-12-7-3-4-8-13(12)16(14)10-11-6-5-9-17-11/h3-9H,2,10H2,1H3. The third-order valence-electron chi connectivity index (χ3n) is 2.94. The van der Waals surface area contributed by atoms with Gasteiger partial charge in [-0.3, -0.25) is 0 Å². The van der Waals surface area contributed by atoms with E-state index in [0.717, 1.165) is 18.5 Å². The second kappa shape index (κ2) is 4.34. The molecule has 1 aromatic carbocycles. The molecule has 0 atom stereocenters. The number of rotatable bonds is 3. The van der Waals surface area contributed by atoms with E-state index in [1.165, 1.54) is 16.2 Å². The molecule has 0 spiro atoms. The summed E-state index contributed by atoms with van der Waals surface area (Å²) in [4.78, 5) is 6.06. The van der Waals surface area contributed by atoms with Crippen LogP contribution in [0.3, 0.4) is 0 Å². The van der Waals surface area contributed by atoms with Gasteiger partial charge in [-0.25, -0.2) is 4.98 Å². The molecule has 0 aliphatic carbocycles. The highest BCUT2D eigenvalue weighted by Crippen LogP contribution is 2.20. The zero-order chi connectivity index (χ0) is 11.7. The molecule has 0 amide bonds. The van der Waals surface area contributed by atoms with Crippen LogP contribution in [-0.2, 0) is 13.0 Å². The molecule has 0 aliphatic heterocycles. The maximum Gasteiger partial charge on any atom is 0.109 e. The predicted molar refractivity (Wildman–Crippen MR) is 72.5 cm³/mol. The third kappa shape index (κ3) is 1.87. The van der Waals surface area contributed by atoms with E-state index in [0.29, 0.717) is 0 Å². The fourth-order valence-electron chi connectivity index (χ4n) is 2.13. The van der Waals surface area contributed by atoms with Crippen LogP contribution in [0.2, 0.25) is 0 Å². The van der Waals surface area contributed by atoms with E-state index >= 15 is 0 Å². The lowest BCUT2D eigenvalue weighted by atomic mass is 10.3. The number of nitrogens with zero attached hydrogens (tertiary/aromatic N) is 2. The predicted octanol–water partition coefficient (Wildman–Crippen LogP) is 3.71. The largest absolute Gasteiger partial charge is 0.323 e. The summed E-state index contributed by atoms with van der Waals surface area (Å²) in [6, 6.07) is 12.6. The molecule has 86 valence electrons. The molecule has 3 rings (SSSR count). The van der Waals surface area contributed by atoms with Crippen molar-refractivity contribution in [2.45, 2.75) is 19.9 Å². The number of fused-ring (bicyclic) bond motifs is 1. The van der Waals surface area contributed by atoms with Crippen LogP contribution in [0, 0.1) is 0 Å². The SMILES string of the molecule is CCc1nc2ccccc2n1Cc1cccs1. The Morgan fingerprint density at radius 2 is 2.06 bits per heavy atom. The van der Waals surface area contributed by atoms with Gasteiger partial charge in [-0.1, -0.05) is 25.1 Å². The van der Waals surface area contributed by atoms with Gasteiger partial charge in [0.1, 0.15) is 5.82 Å². The summed E-state index contributed by atoms with van der Waals surface area (Å²) in [6.07, 6.45) is 0.972. The van der Waals surface area contributed by atoms with Crippen LogP contribution in [-0.4, -0.2) is 9.55 Å². The highest BCUT2D eigenvalue weighted by Gasteiger charge is 2.09. The molecule has 0 fully saturated rings. The van der Waals surface area contributed by atoms with Crippen LogP contribution < -0.4 is 0 Å². The summed E-state index contributed by atoms with van der Waals surface area (Å²) in [5, 5.41) is 2.13. The molecule has 0 bridgehead atoms. The van der Waals surface area contributed by atoms with Crippen LogP contribution in [0.5, 0.6) is 0 Å². The lowest BCUT2D eigenvalue weighted by molar-refractivity contribution is 0.761. The van der Waals surface area contributed by atoms with Gasteiger partial charge in [0.25, 0.3) is 0 Å². The summed E-state index contributed by atoms with van der Waals surface area (Å²) in [7, 11) is 0. The van der Waals surface area contributed by atoms with Gasteiger partial charge in [-0.2, -0.15) is 0 Å². The molecule has 2 nitrogen and oxygen atoms in total. The van der Waals surface area contributed by atoms with Crippen molar-refractivity contribution in [3.8, 4) is 0 Å². The van der Waals surface area contributed by atoms with Crippen LogP contribution in [0.1, 0.15) is 17.6 Å². The van der Waals surface area contributed by atoms with Crippen LogP contribution in [0.25, 0.3) is 11.0 Å². The Bertz CT molecular complexity index is 623. The number of benzene rings is 1. The van der Waals surface area contributed by atoms with Crippen molar-refractivity contribution >= 4 is 22.4 Å². The van der Waals surface area contributed by atoms with Gasteiger partial charge in [0.05, 0.1) is 17.6 Å². The molecule has 3 aromatic rings. The van der Waals surface area contributed by atoms with Gasteiger partial charge in [0.2, 0.25) is 0 Å². The molecule has 0 N–H and O–H groups in total. The summed E-state index contributed by atoms with van der Waals surface area (Å²) < 4.78 is 2.32. The van der Waals surface area contributed by atoms with Crippen molar-refractivity contribution in [2.24, 2.45) is 0 Å². The Morgan fingerprint density at radius 1 is 1.18 bits per heavy atom. The average molecular weight is 242 g/mol. The number of hydrogen-bond acceptors (Lipinski definition) is 2. The van der Waals surface area contributed by atoms with Crippen molar-refractivity contribution in [2.75, 3.05) is 0 Å². The number of para-hydroxylation sites is 2. The lowest BCUT2D eigenvalue weighted by Crippen LogP contribution is -2.02. The fourth-order valence-corrected chi connectivity index (χ4v) is 2.82. The normalized spacial score (nSPS) is 11.1. The fraction of sp³-hybridized carbons (Fsp3) is 0.214. The van der Waals surface area contributed by atoms with Gasteiger partial charge in [-0.15, -0.1) is 11.3 Å². The van der Waals surface area contributed by atoms with Crippen molar-refractivity contribution in [3.05, 3.63) is 52.5 Å². The van der Waals surface area contributed by atoms with E-state index in [4.69, 9.17) is 0 Å². The highest BCUT2D eigenvalue weighted by atomic mass is 32.1. The smallest absolute Gasteiger partial charge is 0.109 e. The molecule has 0 saturated heterocycles. The third-order valence-corrected chi connectivity index (χ3v) is 3.81. The number of hydrogen-bond donors (Lipinski definition) is 0. The Morgan fingerprint density at radius 3 is 2.82 bits per heavy atom. The van der Waals surface area contributed by atoms with Crippen molar-refractivity contribution in [3.63, 3.8) is 0 Å². The second-order valence-corrected chi connectivity index (χ2v) is 5.07. The number of thiophene rings is 1. The molecular weight excluding hydrogens is 228 g/mol. The van der Waals surface area contributed by atoms with E-state index in [1.54, 1.807) is 11.3 Å². The summed E-state index contributed by atoms with van der Waals surface area (Å²) in [6.45, 7) is 3.09. The second-order valence-electron chi connectivity index (χ2n) is 4.04. The molecule has 17 heavy (non-hydrogen) atoms. The van der Waals surface area contributed by atoms with Gasteiger partial charge in [0, 0.05) is 11.3 Å². The minimum Gasteiger partial charge on any atom is -0.323 e. The molecule has 0 aliphatic rings. The topological polar surface area (TPSA) is 17.8 Å². The molecule has 0 saturated carbocycles. The molecule has 3 heteroatoms. The summed E-state index contributed by atoms with van der Waals surface area (Å²) in [5.41, 5.74) is 2.33. The Hall–Kier alpha value is -1.61. The first-order valence-electron chi connectivity index (χ1n) is 5.85. The van der Waals surface area contributed by atoms with Gasteiger partial charge in [0.15, 0.2) is 0 Å². The number of aryl methyl sites for hydroxylation is 1. The highest BCUT2D eigenvalue weighted by molar-refractivity contribution is 7.09. The van der Waals surface area contributed by atoms with Crippen LogP contribution >= 0.6 is 11.3 Å². The van der Waals surface area contributed by atoms with Gasteiger partial charge < -0.3 is 4.57 Å². The lowest BCUT2D eigenvalue weighted by Gasteiger charge is -2.06. The quantitative estimate of drug-likeness (QED) is 0.684. The minimum absolute atomic E-state index is 0.932. The van der Waals surface area contributed by atoms with Gasteiger partial charge in [-0.05, 0) is 23.6 Å². The molecule has 0 unspecified atom stereocenters. The van der Waals surface area contributed by atoms with Crippen LogP contribution in [0.4, 0.5) is 0 Å². The first-order chi connectivity index (χ1) is 8.38. The molecular formula is C14H14N2S. The Balaban J connectivity index is 2.12. The number of aromatic nitrogens is 2. The van der Waals surface area contributed by atoms with E-state index in [9.17, 15) is 0 Å². The molecule has 2 heterocycles. The van der Waals surface area contributed by atoms with Crippen molar-refractivity contribution in [1.82, 2.24) is 9.55 Å². The van der Waals surface area contributed by atoms with Crippen molar-refractivity contribution in [1.29, 1.82) is 0 Å². The minimum atomic E-state index is 0.932. The maximum absolute atomic E-state index is 4.68. The summed E-state index contributed by atoms with van der Waals surface area (Å²) in [5.74, 6) is 1.17. The Kier molecular flexibility index (Phi) is 2.69. The molecule has 2 aromatic heterocycles. The summed E-state index contributed by atoms with van der Waals surface area (Å²) >= 11 is 1.80. The zero-order valence-electron chi connectivity index (χ0n) is 9.76. The zero-order valence-corrected chi connectivity index (χ0v) is 10.6. The first-order valence-corrected chi connectivity index (χ1v) is 6.73. The maximum atomic E-state index is 4.68. The van der Waals surface area contributed by atoms with Crippen molar-refractivity contribution < 1.29 is 0 Å².